The van der Waals surface area contributed by atoms with Crippen LogP contribution in [0.25, 0.3) is 0 Å². The molecule has 2 saturated heterocycles. The molecule has 3 heterocycles. The van der Waals surface area contributed by atoms with Crippen molar-refractivity contribution in [2.75, 3.05) is 24.5 Å². The smallest absolute Gasteiger partial charge is 0.132 e. The third-order valence-electron chi connectivity index (χ3n) is 3.93. The number of fused-ring (bicyclic) bond motifs is 1. The van der Waals surface area contributed by atoms with E-state index in [1.165, 1.54) is 19.4 Å². The Morgan fingerprint density at radius 1 is 1.29 bits per heavy atom. The molecule has 17 heavy (non-hydrogen) atoms. The first-order chi connectivity index (χ1) is 8.22. The van der Waals surface area contributed by atoms with E-state index in [-0.39, 0.29) is 0 Å². The Balaban J connectivity index is 1.80. The van der Waals surface area contributed by atoms with Crippen LogP contribution in [0.3, 0.4) is 0 Å². The fourth-order valence-electron chi connectivity index (χ4n) is 3.12. The van der Waals surface area contributed by atoms with E-state index in [9.17, 15) is 0 Å². The van der Waals surface area contributed by atoms with Gasteiger partial charge in [-0.15, -0.1) is 0 Å². The van der Waals surface area contributed by atoms with E-state index in [0.29, 0.717) is 0 Å². The van der Waals surface area contributed by atoms with Crippen LogP contribution in [-0.4, -0.2) is 35.6 Å². The van der Waals surface area contributed by atoms with Gasteiger partial charge in [-0.2, -0.15) is 0 Å². The molecule has 0 amide bonds. The maximum Gasteiger partial charge on any atom is 0.132 e. The molecule has 92 valence electrons. The second kappa shape index (κ2) is 4.26. The van der Waals surface area contributed by atoms with Crippen LogP contribution in [0.2, 0.25) is 0 Å². The van der Waals surface area contributed by atoms with Crippen molar-refractivity contribution in [2.24, 2.45) is 5.92 Å². The molecule has 0 saturated carbocycles. The van der Waals surface area contributed by atoms with Gasteiger partial charge in [0.05, 0.1) is 0 Å². The molecule has 4 nitrogen and oxygen atoms in total. The number of aryl methyl sites for hydroxylation is 2. The van der Waals surface area contributed by atoms with E-state index in [1.807, 2.05) is 13.8 Å². The molecule has 1 aromatic heterocycles. The molecule has 4 heteroatoms. The van der Waals surface area contributed by atoms with Crippen LogP contribution in [0.15, 0.2) is 6.07 Å². The van der Waals surface area contributed by atoms with Crippen molar-refractivity contribution < 1.29 is 0 Å². The number of hydrogen-bond acceptors (Lipinski definition) is 4. The quantitative estimate of drug-likeness (QED) is 0.792. The van der Waals surface area contributed by atoms with E-state index in [0.717, 1.165) is 42.4 Å². The summed E-state index contributed by atoms with van der Waals surface area (Å²) in [6.07, 6.45) is 2.55. The second-order valence-electron chi connectivity index (χ2n) is 5.26. The van der Waals surface area contributed by atoms with Crippen LogP contribution in [-0.2, 0) is 0 Å². The highest BCUT2D eigenvalue weighted by Gasteiger charge is 2.33. The largest absolute Gasteiger partial charge is 0.356 e. The Hall–Kier alpha value is -1.16. The molecule has 2 unspecified atom stereocenters. The average Bonchev–Trinajstić information content (AvgIpc) is 2.74. The highest BCUT2D eigenvalue weighted by molar-refractivity contribution is 5.40. The molecule has 2 fully saturated rings. The van der Waals surface area contributed by atoms with E-state index in [4.69, 9.17) is 0 Å². The van der Waals surface area contributed by atoms with Crippen molar-refractivity contribution in [3.05, 3.63) is 17.6 Å². The molecule has 0 spiro atoms. The van der Waals surface area contributed by atoms with Gasteiger partial charge in [-0.05, 0) is 39.2 Å². The molecule has 0 aromatic carbocycles. The van der Waals surface area contributed by atoms with Gasteiger partial charge in [0.15, 0.2) is 0 Å². The van der Waals surface area contributed by atoms with Gasteiger partial charge in [0, 0.05) is 30.9 Å². The average molecular weight is 232 g/mol. The lowest BCUT2D eigenvalue weighted by Gasteiger charge is -2.35. The third kappa shape index (κ3) is 2.14. The molecule has 2 atom stereocenters. The zero-order valence-corrected chi connectivity index (χ0v) is 10.6. The molecule has 2 aliphatic rings. The topological polar surface area (TPSA) is 41.0 Å². The summed E-state index contributed by atoms with van der Waals surface area (Å²) in [6, 6.07) is 2.85. The number of anilines is 1. The van der Waals surface area contributed by atoms with Crippen molar-refractivity contribution in [1.29, 1.82) is 0 Å². The van der Waals surface area contributed by atoms with Crippen molar-refractivity contribution in [2.45, 2.75) is 32.7 Å². The van der Waals surface area contributed by atoms with E-state index in [1.54, 1.807) is 0 Å². The fraction of sp³-hybridized carbons (Fsp3) is 0.692. The van der Waals surface area contributed by atoms with Crippen LogP contribution >= 0.6 is 0 Å². The summed E-state index contributed by atoms with van der Waals surface area (Å²) in [5.41, 5.74) is 1.07. The predicted molar refractivity (Wildman–Crippen MR) is 68.2 cm³/mol. The zero-order valence-electron chi connectivity index (χ0n) is 10.6. The Morgan fingerprint density at radius 2 is 2.18 bits per heavy atom. The minimum Gasteiger partial charge on any atom is -0.356 e. The maximum absolute atomic E-state index is 4.57. The van der Waals surface area contributed by atoms with Gasteiger partial charge in [-0.25, -0.2) is 9.97 Å². The normalized spacial score (nSPS) is 28.2. The molecule has 2 aliphatic heterocycles. The molecule has 0 radical (unpaired) electrons. The van der Waals surface area contributed by atoms with Gasteiger partial charge < -0.3 is 10.2 Å². The summed E-state index contributed by atoms with van der Waals surface area (Å²) >= 11 is 0. The minimum atomic E-state index is 0.746. The molecular formula is C13H20N4. The summed E-state index contributed by atoms with van der Waals surface area (Å²) in [6.45, 7) is 7.46. The van der Waals surface area contributed by atoms with Crippen LogP contribution in [0.5, 0.6) is 0 Å². The monoisotopic (exact) mass is 232 g/mol. The summed E-state index contributed by atoms with van der Waals surface area (Å²) in [4.78, 5) is 11.3. The Kier molecular flexibility index (Phi) is 2.74. The lowest BCUT2D eigenvalue weighted by atomic mass is 9.93. The number of nitrogens with zero attached hydrogens (tertiary/aromatic N) is 3. The first-order valence-corrected chi connectivity index (χ1v) is 6.53. The van der Waals surface area contributed by atoms with Gasteiger partial charge in [0.2, 0.25) is 0 Å². The van der Waals surface area contributed by atoms with Crippen LogP contribution in [0.1, 0.15) is 24.4 Å². The lowest BCUT2D eigenvalue weighted by molar-refractivity contribution is 0.374. The summed E-state index contributed by atoms with van der Waals surface area (Å²) in [5.74, 6) is 2.80. The number of hydrogen-bond donors (Lipinski definition) is 1. The van der Waals surface area contributed by atoms with Gasteiger partial charge in [-0.1, -0.05) is 0 Å². The lowest BCUT2D eigenvalue weighted by Crippen LogP contribution is -2.44. The zero-order chi connectivity index (χ0) is 11.8. The number of rotatable bonds is 1. The molecule has 3 rings (SSSR count). The SMILES string of the molecule is Cc1cc(N2CCC3NCCC3C2)nc(C)n1. The highest BCUT2D eigenvalue weighted by Crippen LogP contribution is 2.27. The third-order valence-corrected chi connectivity index (χ3v) is 3.93. The summed E-state index contributed by atoms with van der Waals surface area (Å²) in [5, 5.41) is 3.59. The van der Waals surface area contributed by atoms with Crippen molar-refractivity contribution in [1.82, 2.24) is 15.3 Å². The van der Waals surface area contributed by atoms with Gasteiger partial charge in [-0.3, -0.25) is 0 Å². The standard InChI is InChI=1S/C13H20N4/c1-9-7-13(16-10(2)15-9)17-6-4-12-11(8-17)3-5-14-12/h7,11-12,14H,3-6,8H2,1-2H3. The van der Waals surface area contributed by atoms with Crippen LogP contribution < -0.4 is 10.2 Å². The molecule has 0 bridgehead atoms. The van der Waals surface area contributed by atoms with Gasteiger partial charge >= 0.3 is 0 Å². The predicted octanol–water partition coefficient (Wildman–Crippen LogP) is 1.28. The van der Waals surface area contributed by atoms with E-state index < -0.39 is 0 Å². The van der Waals surface area contributed by atoms with Gasteiger partial charge in [0.25, 0.3) is 0 Å². The molecule has 1 N–H and O–H groups in total. The summed E-state index contributed by atoms with van der Waals surface area (Å²) < 4.78 is 0. The van der Waals surface area contributed by atoms with Crippen LogP contribution in [0.4, 0.5) is 5.82 Å². The highest BCUT2D eigenvalue weighted by atomic mass is 15.2. The van der Waals surface area contributed by atoms with Gasteiger partial charge in [0.1, 0.15) is 11.6 Å². The number of aromatic nitrogens is 2. The minimum absolute atomic E-state index is 0.746. The van der Waals surface area contributed by atoms with Crippen molar-refractivity contribution in [3.63, 3.8) is 0 Å². The fourth-order valence-corrected chi connectivity index (χ4v) is 3.12. The van der Waals surface area contributed by atoms with Crippen molar-refractivity contribution >= 4 is 5.82 Å². The number of nitrogens with one attached hydrogen (secondary N) is 1. The molecule has 1 aromatic rings. The first-order valence-electron chi connectivity index (χ1n) is 6.53. The van der Waals surface area contributed by atoms with Crippen LogP contribution in [0, 0.1) is 19.8 Å². The maximum atomic E-state index is 4.57. The second-order valence-corrected chi connectivity index (χ2v) is 5.26. The Bertz CT molecular complexity index is 398. The van der Waals surface area contributed by atoms with Crippen molar-refractivity contribution in [3.8, 4) is 0 Å². The Morgan fingerprint density at radius 3 is 3.00 bits per heavy atom. The molecule has 0 aliphatic carbocycles. The van der Waals surface area contributed by atoms with E-state index in [2.05, 4.69) is 26.3 Å². The Labute approximate surface area is 102 Å². The summed E-state index contributed by atoms with van der Waals surface area (Å²) in [7, 11) is 0. The number of piperidine rings is 1. The molecular weight excluding hydrogens is 212 g/mol. The first kappa shape index (κ1) is 11.0. The van der Waals surface area contributed by atoms with E-state index >= 15 is 0 Å².